The summed E-state index contributed by atoms with van der Waals surface area (Å²) in [4.78, 5) is 42.3. The molecule has 0 spiro atoms. The first-order valence-electron chi connectivity index (χ1n) is 35.4. The number of piperidine rings is 3. The van der Waals surface area contributed by atoms with Gasteiger partial charge in [0.05, 0.1) is 5.56 Å². The number of rotatable bonds is 11. The third-order valence-electron chi connectivity index (χ3n) is 16.4. The Labute approximate surface area is 610 Å². The highest BCUT2D eigenvalue weighted by molar-refractivity contribution is 5.89. The van der Waals surface area contributed by atoms with Gasteiger partial charge in [-0.1, -0.05) is 198 Å². The number of likely N-dealkylation sites (tertiary alicyclic amines) is 3. The summed E-state index contributed by atoms with van der Waals surface area (Å²) in [6.07, 6.45) is 21.6. The highest BCUT2D eigenvalue weighted by Gasteiger charge is 2.46. The second-order valence-corrected chi connectivity index (χ2v) is 29.0. The van der Waals surface area contributed by atoms with E-state index in [1.807, 2.05) is 84.0 Å². The van der Waals surface area contributed by atoms with Crippen LogP contribution >= 0.6 is 0 Å². The number of aryl methyl sites for hydroxylation is 3. The topological polar surface area (TPSA) is 88.6 Å². The van der Waals surface area contributed by atoms with E-state index < -0.39 is 0 Å². The minimum Gasteiger partial charge on any atom is -0.459 e. The van der Waals surface area contributed by atoms with E-state index in [0.717, 1.165) is 56.9 Å². The number of hydrogen-bond acceptors (Lipinski definition) is 9. The predicted molar refractivity (Wildman–Crippen MR) is 438 cm³/mol. The van der Waals surface area contributed by atoms with Gasteiger partial charge in [0.25, 0.3) is 0 Å². The molecule has 3 saturated heterocycles. The minimum absolute atomic E-state index is 0.00769. The maximum absolute atomic E-state index is 12.4. The molecule has 0 aromatic heterocycles. The smallest absolute Gasteiger partial charge is 0.338 e. The summed E-state index contributed by atoms with van der Waals surface area (Å²) in [5.41, 5.74) is 7.62. The van der Waals surface area contributed by atoms with Crippen molar-refractivity contribution in [2.75, 3.05) is 21.1 Å². The van der Waals surface area contributed by atoms with Crippen LogP contribution in [0.3, 0.4) is 0 Å². The van der Waals surface area contributed by atoms with Crippen LogP contribution in [-0.2, 0) is 36.6 Å². The van der Waals surface area contributed by atoms with Crippen molar-refractivity contribution >= 4 is 24.0 Å². The van der Waals surface area contributed by atoms with Crippen molar-refractivity contribution in [3.05, 3.63) is 250 Å². The van der Waals surface area contributed by atoms with Crippen LogP contribution in [0.25, 0.3) is 6.08 Å². The summed E-state index contributed by atoms with van der Waals surface area (Å²) in [5, 5.41) is 0. The fourth-order valence-electron chi connectivity index (χ4n) is 10.7. The standard InChI is InChI=1S/C19H27NO2.C14H25NO2.C13H23NO2.C9H12.C8H10.C7H8.2C4H8.4C3H6/c1-7-14-8-10-15(11-9-14)17(21)22-16-12-18(2,3)20(6)19(4,5)13-16;1-10(2)12(16)17-11-8-13(3,4)15(7)14(5,6)9-11;1-7-11(15)16-10-8-12(2,3)14(6)13(4,5)9-10;1-2-6-9-7-4-3-5-8-9;1-2-8-6-4-3-5-7-8;1-7-5-3-2-4-6-7;1-4(2)3;1-3-4-2;4*1-3-2/h7-11,16H,1,12-13H2,2-6H3;11H,1,8-9H2,2-7H3;7,10H,1,8-9H2,2-6H3;3-5,7-8H,2,6H2,1H3;3-7H,2H2,1H3;2-6H,1H3;1H2,2-3H3;3H,1,4H2,2H3;4*3H,1H2,2H3. The lowest BCUT2D eigenvalue weighted by Crippen LogP contribution is -2.60. The summed E-state index contributed by atoms with van der Waals surface area (Å²) < 4.78 is 16.7. The number of hydrogen-bond donors (Lipinski definition) is 0. The number of nitrogens with zero attached hydrogens (tertiary/aromatic N) is 3. The molecule has 0 saturated carbocycles. The molecule has 99 heavy (non-hydrogen) atoms. The Hall–Kier alpha value is -7.17. The van der Waals surface area contributed by atoms with E-state index in [0.29, 0.717) is 11.1 Å². The van der Waals surface area contributed by atoms with Crippen LogP contribution in [-0.4, -0.2) is 105 Å². The van der Waals surface area contributed by atoms with Gasteiger partial charge in [-0.3, -0.25) is 14.7 Å². The molecule has 9 heteroatoms. The number of ether oxygens (including phenoxy) is 3. The number of carbonyl (C=O) groups is 3. The maximum Gasteiger partial charge on any atom is 0.338 e. The van der Waals surface area contributed by atoms with Crippen LogP contribution in [0.15, 0.2) is 222 Å². The summed E-state index contributed by atoms with van der Waals surface area (Å²) in [7, 11) is 6.41. The van der Waals surface area contributed by atoms with E-state index in [1.165, 1.54) is 41.2 Å². The normalized spacial score (nSPS) is 16.2. The molecule has 0 amide bonds. The Kier molecular flexibility index (Phi) is 55.4. The molecule has 4 aromatic rings. The molecular weight excluding hydrogens is 1220 g/mol. The fourth-order valence-corrected chi connectivity index (χ4v) is 10.7. The Balaban J connectivity index is -0.000000348. The molecule has 3 aliphatic rings. The molecule has 0 unspecified atom stereocenters. The molecule has 0 N–H and O–H groups in total. The predicted octanol–water partition coefficient (Wildman–Crippen LogP) is 24.1. The molecule has 7 rings (SSSR count). The van der Waals surface area contributed by atoms with E-state index in [9.17, 15) is 14.4 Å². The van der Waals surface area contributed by atoms with E-state index in [-0.39, 0.29) is 69.5 Å². The average molecular weight is 1370 g/mol. The van der Waals surface area contributed by atoms with Crippen molar-refractivity contribution in [2.24, 2.45) is 0 Å². The first-order valence-corrected chi connectivity index (χ1v) is 35.4. The minimum atomic E-state index is -0.318. The van der Waals surface area contributed by atoms with Crippen LogP contribution in [0, 0.1) is 6.92 Å². The number of carbonyl (C=O) groups excluding carboxylic acids is 3. The van der Waals surface area contributed by atoms with Gasteiger partial charge in [-0.25, -0.2) is 14.4 Å². The third kappa shape index (κ3) is 47.5. The molecule has 3 heterocycles. The second-order valence-electron chi connectivity index (χ2n) is 29.0. The first-order chi connectivity index (χ1) is 46.0. The van der Waals surface area contributed by atoms with Gasteiger partial charge in [0.2, 0.25) is 0 Å². The molecule has 0 atom stereocenters. The van der Waals surface area contributed by atoms with Crippen LogP contribution in [0.4, 0.5) is 0 Å². The quantitative estimate of drug-likeness (QED) is 0.0630. The summed E-state index contributed by atoms with van der Waals surface area (Å²) in [5.74, 6) is -0.830. The molecule has 0 aliphatic carbocycles. The van der Waals surface area contributed by atoms with Crippen molar-refractivity contribution in [3.8, 4) is 0 Å². The summed E-state index contributed by atoms with van der Waals surface area (Å²) in [6, 6.07) is 38.6. The molecule has 3 aliphatic heterocycles. The van der Waals surface area contributed by atoms with Crippen molar-refractivity contribution in [1.29, 1.82) is 0 Å². The molecule has 3 fully saturated rings. The van der Waals surface area contributed by atoms with E-state index in [2.05, 4.69) is 273 Å². The lowest BCUT2D eigenvalue weighted by Gasteiger charge is -2.53. The Morgan fingerprint density at radius 3 is 0.980 bits per heavy atom. The number of esters is 3. The zero-order chi connectivity index (χ0) is 77.8. The van der Waals surface area contributed by atoms with Gasteiger partial charge >= 0.3 is 17.9 Å². The van der Waals surface area contributed by atoms with Crippen molar-refractivity contribution < 1.29 is 28.6 Å². The van der Waals surface area contributed by atoms with Gasteiger partial charge in [0.1, 0.15) is 18.3 Å². The average Bonchev–Trinajstić information content (AvgIpc) is 0.803. The van der Waals surface area contributed by atoms with Crippen LogP contribution in [0.2, 0.25) is 0 Å². The zero-order valence-corrected chi connectivity index (χ0v) is 68.0. The van der Waals surface area contributed by atoms with Gasteiger partial charge in [0.15, 0.2) is 0 Å². The Bertz CT molecular complexity index is 2780. The van der Waals surface area contributed by atoms with Gasteiger partial charge in [-0.05, 0) is 208 Å². The molecular formula is C90H145N3O6. The van der Waals surface area contributed by atoms with Crippen molar-refractivity contribution in [2.45, 2.75) is 275 Å². The molecule has 9 nitrogen and oxygen atoms in total. The summed E-state index contributed by atoms with van der Waals surface area (Å²) >= 11 is 0. The molecule has 556 valence electrons. The van der Waals surface area contributed by atoms with Crippen LogP contribution < -0.4 is 0 Å². The van der Waals surface area contributed by atoms with E-state index >= 15 is 0 Å². The molecule has 0 radical (unpaired) electrons. The van der Waals surface area contributed by atoms with E-state index in [1.54, 1.807) is 49.4 Å². The molecule has 0 bridgehead atoms. The first kappa shape index (κ1) is 100. The largest absolute Gasteiger partial charge is 0.459 e. The fraction of sp³-hybridized carbons (Fsp3) is 0.500. The Morgan fingerprint density at radius 2 is 0.747 bits per heavy atom. The zero-order valence-electron chi connectivity index (χ0n) is 68.0. The van der Waals surface area contributed by atoms with Gasteiger partial charge < -0.3 is 14.2 Å². The lowest BCUT2D eigenvalue weighted by atomic mass is 9.78. The van der Waals surface area contributed by atoms with Crippen LogP contribution in [0.5, 0.6) is 0 Å². The number of benzene rings is 4. The molecule has 4 aromatic carbocycles. The van der Waals surface area contributed by atoms with Crippen molar-refractivity contribution in [1.82, 2.24) is 14.7 Å². The second kappa shape index (κ2) is 54.6. The third-order valence-corrected chi connectivity index (χ3v) is 16.4. The highest BCUT2D eigenvalue weighted by Crippen LogP contribution is 2.40. The Morgan fingerprint density at radius 1 is 0.465 bits per heavy atom. The lowest BCUT2D eigenvalue weighted by molar-refractivity contribution is -0.154. The monoisotopic (exact) mass is 1360 g/mol. The maximum atomic E-state index is 12.4. The van der Waals surface area contributed by atoms with E-state index in [4.69, 9.17) is 14.2 Å². The van der Waals surface area contributed by atoms with Gasteiger partial charge in [-0.15, -0.1) is 39.5 Å². The van der Waals surface area contributed by atoms with Crippen LogP contribution in [0.1, 0.15) is 236 Å². The van der Waals surface area contributed by atoms with Crippen molar-refractivity contribution in [3.63, 3.8) is 0 Å². The highest BCUT2D eigenvalue weighted by atomic mass is 16.6. The SMILES string of the molecule is C=C(C)C.C=C(C)C(=O)OC1CC(C)(C)N(C)C(C)(C)C1.C=CC.C=CC.C=CC.C=CC.C=CC(=O)OC1CC(C)(C)N(C)C(C)(C)C1.C=CCC.C=Cc1ccc(C(=O)OC2CC(C)(C)N(C)C(C)(C)C2)cc1.CCCc1ccccc1.CCc1ccccc1.Cc1ccccc1. The summed E-state index contributed by atoms with van der Waals surface area (Å²) in [6.45, 7) is 79.2. The van der Waals surface area contributed by atoms with Gasteiger partial charge in [0, 0.05) is 83.4 Å². The van der Waals surface area contributed by atoms with Gasteiger partial charge in [-0.2, -0.15) is 0 Å². The number of allylic oxidation sites excluding steroid dienone is 6.